The minimum Gasteiger partial charge on any atom is -0.403 e. The molecule has 132 valence electrons. The summed E-state index contributed by atoms with van der Waals surface area (Å²) < 4.78 is 18.5. The summed E-state index contributed by atoms with van der Waals surface area (Å²) in [6.07, 6.45) is 6.98. The maximum Gasteiger partial charge on any atom is 0.325 e. The van der Waals surface area contributed by atoms with Crippen molar-refractivity contribution in [3.63, 3.8) is 0 Å². The number of carbonyl (C=O) groups excluding carboxylic acids is 1. The highest BCUT2D eigenvalue weighted by Gasteiger charge is 2.36. The highest BCUT2D eigenvalue weighted by molar-refractivity contribution is 5.87. The summed E-state index contributed by atoms with van der Waals surface area (Å²) in [6.45, 7) is 0.770. The number of rotatable bonds is 2. The number of hydrogen-bond donors (Lipinski definition) is 1. The largest absolute Gasteiger partial charge is 0.403 e. The zero-order valence-electron chi connectivity index (χ0n) is 13.9. The predicted octanol–water partition coefficient (Wildman–Crippen LogP) is 4.06. The van der Waals surface area contributed by atoms with Gasteiger partial charge in [-0.25, -0.2) is 9.18 Å². The van der Waals surface area contributed by atoms with Gasteiger partial charge in [0, 0.05) is 18.2 Å². The van der Waals surface area contributed by atoms with Crippen molar-refractivity contribution >= 4 is 12.0 Å². The second-order valence-corrected chi connectivity index (χ2v) is 6.80. The molecule has 25 heavy (non-hydrogen) atoms. The molecule has 0 radical (unpaired) electrons. The average molecular weight is 344 g/mol. The number of aromatic nitrogens is 2. The number of fused-ring (bicyclic) bond motifs is 1. The summed E-state index contributed by atoms with van der Waals surface area (Å²) >= 11 is 0. The van der Waals surface area contributed by atoms with Crippen LogP contribution in [0, 0.1) is 11.7 Å². The molecule has 1 aromatic heterocycles. The Hall–Kier alpha value is -2.44. The summed E-state index contributed by atoms with van der Waals surface area (Å²) in [4.78, 5) is 14.6. The van der Waals surface area contributed by atoms with E-state index in [4.69, 9.17) is 4.42 Å². The third-order valence-corrected chi connectivity index (χ3v) is 5.23. The summed E-state index contributed by atoms with van der Waals surface area (Å²) in [6, 6.07) is 6.00. The van der Waals surface area contributed by atoms with Crippen LogP contribution < -0.4 is 5.32 Å². The van der Waals surface area contributed by atoms with Gasteiger partial charge >= 0.3 is 12.0 Å². The summed E-state index contributed by atoms with van der Waals surface area (Å²) in [5, 5.41) is 10.5. The lowest BCUT2D eigenvalue weighted by atomic mass is 9.78. The maximum atomic E-state index is 13.0. The molecule has 4 rings (SSSR count). The predicted molar refractivity (Wildman–Crippen MR) is 90.4 cm³/mol. The van der Waals surface area contributed by atoms with E-state index in [9.17, 15) is 9.18 Å². The maximum absolute atomic E-state index is 13.0. The molecule has 1 N–H and O–H groups in total. The second-order valence-electron chi connectivity index (χ2n) is 6.80. The first kappa shape index (κ1) is 16.1. The highest BCUT2D eigenvalue weighted by Crippen LogP contribution is 2.35. The van der Waals surface area contributed by atoms with Gasteiger partial charge in [0.05, 0.1) is 0 Å². The third kappa shape index (κ3) is 3.36. The fourth-order valence-electron chi connectivity index (χ4n) is 4.02. The Labute approximate surface area is 145 Å². The molecule has 2 amide bonds. The van der Waals surface area contributed by atoms with Gasteiger partial charge in [-0.15, -0.1) is 5.10 Å². The van der Waals surface area contributed by atoms with E-state index in [1.165, 1.54) is 37.8 Å². The molecule has 2 heterocycles. The molecule has 2 atom stereocenters. The molecule has 2 aromatic rings. The summed E-state index contributed by atoms with van der Waals surface area (Å²) in [7, 11) is 0. The van der Waals surface area contributed by atoms with Crippen LogP contribution >= 0.6 is 0 Å². The molecular formula is C18H21FN4O2. The smallest absolute Gasteiger partial charge is 0.325 e. The monoisotopic (exact) mass is 344 g/mol. The van der Waals surface area contributed by atoms with Crippen LogP contribution in [0.5, 0.6) is 0 Å². The summed E-state index contributed by atoms with van der Waals surface area (Å²) in [5.41, 5.74) is 0.611. The number of likely N-dealkylation sites (tertiary alicyclic amines) is 1. The molecule has 0 spiro atoms. The van der Waals surface area contributed by atoms with E-state index < -0.39 is 0 Å². The van der Waals surface area contributed by atoms with Crippen LogP contribution in [0.2, 0.25) is 0 Å². The van der Waals surface area contributed by atoms with E-state index >= 15 is 0 Å². The van der Waals surface area contributed by atoms with Crippen molar-refractivity contribution in [2.24, 2.45) is 5.92 Å². The van der Waals surface area contributed by atoms with E-state index in [-0.39, 0.29) is 23.8 Å². The lowest BCUT2D eigenvalue weighted by molar-refractivity contribution is 0.0907. The quantitative estimate of drug-likeness (QED) is 0.892. The molecule has 1 aliphatic carbocycles. The molecule has 2 unspecified atom stereocenters. The van der Waals surface area contributed by atoms with Crippen molar-refractivity contribution in [2.45, 2.75) is 44.6 Å². The van der Waals surface area contributed by atoms with Gasteiger partial charge in [0.25, 0.3) is 0 Å². The Kier molecular flexibility index (Phi) is 4.38. The fraction of sp³-hybridized carbons (Fsp3) is 0.500. The van der Waals surface area contributed by atoms with Crippen LogP contribution in [0.25, 0.3) is 11.5 Å². The van der Waals surface area contributed by atoms with Crippen LogP contribution in [-0.2, 0) is 0 Å². The zero-order chi connectivity index (χ0) is 17.2. The van der Waals surface area contributed by atoms with Gasteiger partial charge in [0.2, 0.25) is 5.89 Å². The fourth-order valence-corrected chi connectivity index (χ4v) is 4.02. The Bertz CT molecular complexity index is 744. The zero-order valence-corrected chi connectivity index (χ0v) is 13.9. The van der Waals surface area contributed by atoms with E-state index in [2.05, 4.69) is 15.5 Å². The van der Waals surface area contributed by atoms with Gasteiger partial charge in [-0.2, -0.15) is 0 Å². The van der Waals surface area contributed by atoms with Crippen molar-refractivity contribution in [2.75, 3.05) is 11.9 Å². The van der Waals surface area contributed by atoms with E-state index in [0.29, 0.717) is 17.5 Å². The number of halogens is 1. The number of benzene rings is 1. The standard InChI is InChI=1S/C18H21FN4O2/c19-14-9-7-13(8-10-14)16-21-22-17(25-16)20-18(24)23-11-3-5-12-4-1-2-6-15(12)23/h7-10,12,15H,1-6,11H2,(H,20,22,24). The Morgan fingerprint density at radius 1 is 1.12 bits per heavy atom. The first-order chi connectivity index (χ1) is 12.2. The number of piperidine rings is 1. The van der Waals surface area contributed by atoms with Crippen LogP contribution in [0.15, 0.2) is 28.7 Å². The lowest BCUT2D eigenvalue weighted by Crippen LogP contribution is -2.51. The lowest BCUT2D eigenvalue weighted by Gasteiger charge is -2.43. The van der Waals surface area contributed by atoms with Crippen molar-refractivity contribution in [1.82, 2.24) is 15.1 Å². The number of nitrogens with one attached hydrogen (secondary N) is 1. The van der Waals surface area contributed by atoms with Crippen LogP contribution in [-0.4, -0.2) is 33.7 Å². The molecule has 1 aliphatic heterocycles. The molecule has 1 aromatic carbocycles. The molecule has 7 heteroatoms. The molecule has 1 saturated heterocycles. The molecule has 6 nitrogen and oxygen atoms in total. The molecule has 2 fully saturated rings. The SMILES string of the molecule is O=C(Nc1nnc(-c2ccc(F)cc2)o1)N1CCCC2CCCCC21. The van der Waals surface area contributed by atoms with Crippen LogP contribution in [0.1, 0.15) is 38.5 Å². The van der Waals surface area contributed by atoms with Crippen molar-refractivity contribution < 1.29 is 13.6 Å². The number of anilines is 1. The molecule has 0 bridgehead atoms. The van der Waals surface area contributed by atoms with Crippen molar-refractivity contribution in [3.05, 3.63) is 30.1 Å². The molecule has 1 saturated carbocycles. The van der Waals surface area contributed by atoms with E-state index in [1.807, 2.05) is 4.90 Å². The Balaban J connectivity index is 1.45. The first-order valence-corrected chi connectivity index (χ1v) is 8.88. The molecular weight excluding hydrogens is 323 g/mol. The van der Waals surface area contributed by atoms with Gasteiger partial charge in [-0.1, -0.05) is 17.9 Å². The summed E-state index contributed by atoms with van der Waals surface area (Å²) in [5.74, 6) is 0.541. The van der Waals surface area contributed by atoms with Crippen molar-refractivity contribution in [3.8, 4) is 11.5 Å². The van der Waals surface area contributed by atoms with Crippen LogP contribution in [0.4, 0.5) is 15.2 Å². The van der Waals surface area contributed by atoms with Gasteiger partial charge in [0.1, 0.15) is 5.82 Å². The number of carbonyl (C=O) groups is 1. The topological polar surface area (TPSA) is 71.3 Å². The normalized spacial score (nSPS) is 23.2. The number of hydrogen-bond acceptors (Lipinski definition) is 4. The van der Waals surface area contributed by atoms with Gasteiger partial charge in [-0.3, -0.25) is 5.32 Å². The van der Waals surface area contributed by atoms with Crippen molar-refractivity contribution in [1.29, 1.82) is 0 Å². The van der Waals surface area contributed by atoms with E-state index in [0.717, 1.165) is 19.4 Å². The highest BCUT2D eigenvalue weighted by atomic mass is 19.1. The number of amides is 2. The first-order valence-electron chi connectivity index (χ1n) is 8.88. The average Bonchev–Trinajstić information content (AvgIpc) is 3.10. The number of urea groups is 1. The van der Waals surface area contributed by atoms with Gasteiger partial charge < -0.3 is 9.32 Å². The minimum absolute atomic E-state index is 0.0715. The number of nitrogens with zero attached hydrogens (tertiary/aromatic N) is 3. The van der Waals surface area contributed by atoms with E-state index in [1.54, 1.807) is 12.1 Å². The third-order valence-electron chi connectivity index (χ3n) is 5.23. The Morgan fingerprint density at radius 3 is 2.72 bits per heavy atom. The minimum atomic E-state index is -0.330. The van der Waals surface area contributed by atoms with Gasteiger partial charge in [-0.05, 0) is 55.9 Å². The van der Waals surface area contributed by atoms with Gasteiger partial charge in [0.15, 0.2) is 0 Å². The Morgan fingerprint density at radius 2 is 1.88 bits per heavy atom. The second kappa shape index (κ2) is 6.82. The molecule has 2 aliphatic rings. The van der Waals surface area contributed by atoms with Crippen LogP contribution in [0.3, 0.4) is 0 Å².